The smallest absolute Gasteiger partial charge is 0.191 e. The van der Waals surface area contributed by atoms with Crippen LogP contribution < -0.4 is 5.73 Å². The van der Waals surface area contributed by atoms with Gasteiger partial charge < -0.3 is 15.6 Å². The summed E-state index contributed by atoms with van der Waals surface area (Å²) in [5.41, 5.74) is 7.15. The van der Waals surface area contributed by atoms with Gasteiger partial charge in [-0.2, -0.15) is 0 Å². The van der Waals surface area contributed by atoms with Crippen LogP contribution in [0.15, 0.2) is 11.5 Å². The lowest BCUT2D eigenvalue weighted by molar-refractivity contribution is -0.0207. The summed E-state index contributed by atoms with van der Waals surface area (Å²) in [5.74, 6) is 0.379. The SMILES string of the molecule is CSc1nc(N)c2ncn([C@H]3CC[C@@H](CO)O3)c2n1. The van der Waals surface area contributed by atoms with E-state index in [4.69, 9.17) is 15.6 Å². The average molecular weight is 281 g/mol. The molecule has 3 rings (SSSR count). The molecule has 1 aliphatic heterocycles. The Bertz CT molecular complexity index is 602. The van der Waals surface area contributed by atoms with Gasteiger partial charge in [-0.1, -0.05) is 11.8 Å². The first-order valence-corrected chi connectivity index (χ1v) is 7.25. The Hall–Kier alpha value is -1.38. The van der Waals surface area contributed by atoms with Crippen LogP contribution >= 0.6 is 11.8 Å². The van der Waals surface area contributed by atoms with E-state index < -0.39 is 0 Å². The number of fused-ring (bicyclic) bond motifs is 1. The molecule has 1 aliphatic rings. The Kier molecular flexibility index (Phi) is 3.29. The Morgan fingerprint density at radius 1 is 1.53 bits per heavy atom. The van der Waals surface area contributed by atoms with Crippen molar-refractivity contribution in [3.63, 3.8) is 0 Å². The van der Waals surface area contributed by atoms with Gasteiger partial charge in [-0.25, -0.2) is 15.0 Å². The number of nitrogen functional groups attached to an aromatic ring is 1. The standard InChI is InChI=1S/C11H15N5O2S/c1-19-11-14-9(12)8-10(15-11)16(5-13-8)7-3-2-6(4-17)18-7/h5-7,17H,2-4H2,1H3,(H2,12,14,15)/t6-,7+/m0/s1. The van der Waals surface area contributed by atoms with Gasteiger partial charge in [0.25, 0.3) is 0 Å². The third-order valence-electron chi connectivity index (χ3n) is 3.21. The van der Waals surface area contributed by atoms with E-state index in [-0.39, 0.29) is 18.9 Å². The lowest BCUT2D eigenvalue weighted by Crippen LogP contribution is -2.14. The minimum atomic E-state index is -0.147. The van der Waals surface area contributed by atoms with E-state index in [1.54, 1.807) is 6.33 Å². The highest BCUT2D eigenvalue weighted by Crippen LogP contribution is 2.31. The van der Waals surface area contributed by atoms with Gasteiger partial charge in [0.15, 0.2) is 16.6 Å². The molecule has 0 aliphatic carbocycles. The van der Waals surface area contributed by atoms with Gasteiger partial charge in [0.1, 0.15) is 11.7 Å². The number of ether oxygens (including phenoxy) is 1. The number of aromatic nitrogens is 4. The maximum atomic E-state index is 9.12. The average Bonchev–Trinajstić information content (AvgIpc) is 3.04. The first kappa shape index (κ1) is 12.6. The van der Waals surface area contributed by atoms with Crippen molar-refractivity contribution in [1.82, 2.24) is 19.5 Å². The number of nitrogens with two attached hydrogens (primary N) is 1. The zero-order chi connectivity index (χ0) is 13.4. The molecular formula is C11H15N5O2S. The summed E-state index contributed by atoms with van der Waals surface area (Å²) in [7, 11) is 0. The van der Waals surface area contributed by atoms with Gasteiger partial charge in [-0.15, -0.1) is 0 Å². The minimum absolute atomic E-state index is 0.0380. The van der Waals surface area contributed by atoms with E-state index in [1.165, 1.54) is 11.8 Å². The highest BCUT2D eigenvalue weighted by atomic mass is 32.2. The predicted octanol–water partition coefficient (Wildman–Crippen LogP) is 0.800. The molecule has 0 saturated carbocycles. The van der Waals surface area contributed by atoms with Gasteiger partial charge in [0, 0.05) is 0 Å². The number of aliphatic hydroxyl groups is 1. The lowest BCUT2D eigenvalue weighted by Gasteiger charge is -2.14. The summed E-state index contributed by atoms with van der Waals surface area (Å²) in [6.45, 7) is 0.0380. The Morgan fingerprint density at radius 2 is 2.37 bits per heavy atom. The van der Waals surface area contributed by atoms with Crippen LogP contribution in [-0.2, 0) is 4.74 Å². The largest absolute Gasteiger partial charge is 0.394 e. The molecule has 8 heteroatoms. The molecule has 1 saturated heterocycles. The molecule has 2 atom stereocenters. The van der Waals surface area contributed by atoms with Crippen molar-refractivity contribution >= 4 is 28.7 Å². The Morgan fingerprint density at radius 3 is 3.05 bits per heavy atom. The minimum Gasteiger partial charge on any atom is -0.394 e. The Balaban J connectivity index is 2.02. The number of anilines is 1. The van der Waals surface area contributed by atoms with Crippen molar-refractivity contribution in [2.45, 2.75) is 30.3 Å². The van der Waals surface area contributed by atoms with Crippen LogP contribution in [-0.4, -0.2) is 43.6 Å². The molecular weight excluding hydrogens is 266 g/mol. The van der Waals surface area contributed by atoms with Gasteiger partial charge in [0.05, 0.1) is 19.0 Å². The molecule has 3 heterocycles. The monoisotopic (exact) mass is 281 g/mol. The second-order valence-corrected chi connectivity index (χ2v) is 5.17. The van der Waals surface area contributed by atoms with E-state index in [0.29, 0.717) is 22.1 Å². The van der Waals surface area contributed by atoms with Gasteiger partial charge in [-0.05, 0) is 19.1 Å². The van der Waals surface area contributed by atoms with Gasteiger partial charge in [-0.3, -0.25) is 4.57 Å². The first-order chi connectivity index (χ1) is 9.22. The van der Waals surface area contributed by atoms with Crippen LogP contribution in [0, 0.1) is 0 Å². The fourth-order valence-electron chi connectivity index (χ4n) is 2.25. The van der Waals surface area contributed by atoms with Crippen molar-refractivity contribution in [3.8, 4) is 0 Å². The van der Waals surface area contributed by atoms with E-state index in [1.807, 2.05) is 10.8 Å². The summed E-state index contributed by atoms with van der Waals surface area (Å²) >= 11 is 1.43. The topological polar surface area (TPSA) is 99.1 Å². The fourth-order valence-corrected chi connectivity index (χ4v) is 2.61. The van der Waals surface area contributed by atoms with Crippen molar-refractivity contribution < 1.29 is 9.84 Å². The van der Waals surface area contributed by atoms with Crippen LogP contribution in [0.2, 0.25) is 0 Å². The highest BCUT2D eigenvalue weighted by molar-refractivity contribution is 7.98. The quantitative estimate of drug-likeness (QED) is 0.634. The molecule has 2 aromatic heterocycles. The summed E-state index contributed by atoms with van der Waals surface area (Å²) in [5, 5.41) is 9.74. The van der Waals surface area contributed by atoms with E-state index in [9.17, 15) is 0 Å². The zero-order valence-electron chi connectivity index (χ0n) is 10.5. The summed E-state index contributed by atoms with van der Waals surface area (Å²) in [6, 6.07) is 0. The normalized spacial score (nSPS) is 23.3. The van der Waals surface area contributed by atoms with Crippen LogP contribution in [0.4, 0.5) is 5.82 Å². The summed E-state index contributed by atoms with van der Waals surface area (Å²) in [6.07, 6.45) is 4.97. The van der Waals surface area contributed by atoms with Crippen molar-refractivity contribution in [2.24, 2.45) is 0 Å². The fraction of sp³-hybridized carbons (Fsp3) is 0.545. The molecule has 0 amide bonds. The highest BCUT2D eigenvalue weighted by Gasteiger charge is 2.27. The third kappa shape index (κ3) is 2.15. The second kappa shape index (κ2) is 4.95. The number of rotatable bonds is 3. The van der Waals surface area contributed by atoms with Crippen LogP contribution in [0.25, 0.3) is 11.2 Å². The van der Waals surface area contributed by atoms with Gasteiger partial charge >= 0.3 is 0 Å². The van der Waals surface area contributed by atoms with Crippen molar-refractivity contribution in [1.29, 1.82) is 0 Å². The summed E-state index contributed by atoms with van der Waals surface area (Å²) in [4.78, 5) is 12.9. The molecule has 3 N–H and O–H groups in total. The number of hydrogen-bond acceptors (Lipinski definition) is 7. The van der Waals surface area contributed by atoms with Crippen molar-refractivity contribution in [3.05, 3.63) is 6.33 Å². The zero-order valence-corrected chi connectivity index (χ0v) is 11.3. The number of imidazole rings is 1. The molecule has 0 aromatic carbocycles. The van der Waals surface area contributed by atoms with Crippen LogP contribution in [0.3, 0.4) is 0 Å². The van der Waals surface area contributed by atoms with Crippen LogP contribution in [0.1, 0.15) is 19.1 Å². The molecule has 102 valence electrons. The predicted molar refractivity (Wildman–Crippen MR) is 71.7 cm³/mol. The maximum absolute atomic E-state index is 9.12. The molecule has 1 fully saturated rings. The lowest BCUT2D eigenvalue weighted by atomic mass is 10.2. The summed E-state index contributed by atoms with van der Waals surface area (Å²) < 4.78 is 7.61. The molecule has 0 bridgehead atoms. The first-order valence-electron chi connectivity index (χ1n) is 6.03. The van der Waals surface area contributed by atoms with E-state index in [0.717, 1.165) is 12.8 Å². The third-order valence-corrected chi connectivity index (χ3v) is 3.76. The molecule has 2 aromatic rings. The molecule has 0 unspecified atom stereocenters. The van der Waals surface area contributed by atoms with E-state index >= 15 is 0 Å². The second-order valence-electron chi connectivity index (χ2n) is 4.39. The van der Waals surface area contributed by atoms with Gasteiger partial charge in [0.2, 0.25) is 0 Å². The molecule has 0 radical (unpaired) electrons. The van der Waals surface area contributed by atoms with Crippen LogP contribution in [0.5, 0.6) is 0 Å². The number of nitrogens with zero attached hydrogens (tertiary/aromatic N) is 4. The number of aliphatic hydroxyl groups excluding tert-OH is 1. The number of thioether (sulfide) groups is 1. The maximum Gasteiger partial charge on any atom is 0.191 e. The van der Waals surface area contributed by atoms with Crippen molar-refractivity contribution in [2.75, 3.05) is 18.6 Å². The molecule has 7 nitrogen and oxygen atoms in total. The molecule has 19 heavy (non-hydrogen) atoms. The Labute approximate surface area is 114 Å². The number of hydrogen-bond donors (Lipinski definition) is 2. The van der Waals surface area contributed by atoms with E-state index in [2.05, 4.69) is 15.0 Å². The molecule has 0 spiro atoms.